The molecule has 0 spiro atoms. The van der Waals surface area contributed by atoms with Crippen molar-refractivity contribution in [3.63, 3.8) is 0 Å². The van der Waals surface area contributed by atoms with E-state index in [1.807, 2.05) is 30.6 Å². The van der Waals surface area contributed by atoms with Gasteiger partial charge < -0.3 is 10.2 Å². The smallest absolute Gasteiger partial charge is 0.243 e. The Morgan fingerprint density at radius 3 is 2.58 bits per heavy atom. The number of nitrogens with zero attached hydrogens (tertiary/aromatic N) is 3. The van der Waals surface area contributed by atoms with Crippen molar-refractivity contribution in [3.05, 3.63) is 10.6 Å². The van der Waals surface area contributed by atoms with E-state index in [2.05, 4.69) is 10.3 Å². The van der Waals surface area contributed by atoms with E-state index < -0.39 is 0 Å². The molecule has 1 aliphatic carbocycles. The normalized spacial score (nSPS) is 21.3. The highest BCUT2D eigenvalue weighted by molar-refractivity contribution is 7.15. The Balaban J connectivity index is 1.56. The Morgan fingerprint density at radius 1 is 1.29 bits per heavy atom. The number of aryl methyl sites for hydroxylation is 2. The minimum Gasteiger partial charge on any atom is -0.337 e. The second kappa shape index (κ2) is 7.19. The van der Waals surface area contributed by atoms with Crippen molar-refractivity contribution in [2.75, 3.05) is 25.0 Å². The first-order valence-electron chi connectivity index (χ1n) is 8.74. The van der Waals surface area contributed by atoms with E-state index in [0.717, 1.165) is 36.5 Å². The summed E-state index contributed by atoms with van der Waals surface area (Å²) < 4.78 is 0. The van der Waals surface area contributed by atoms with Gasteiger partial charge in [-0.3, -0.25) is 14.5 Å². The number of thiazole rings is 1. The maximum absolute atomic E-state index is 12.5. The van der Waals surface area contributed by atoms with Gasteiger partial charge in [0.1, 0.15) is 0 Å². The summed E-state index contributed by atoms with van der Waals surface area (Å²) in [4.78, 5) is 34.4. The van der Waals surface area contributed by atoms with Crippen molar-refractivity contribution in [1.82, 2.24) is 14.8 Å². The summed E-state index contributed by atoms with van der Waals surface area (Å²) >= 11 is 1.49. The van der Waals surface area contributed by atoms with Crippen LogP contribution < -0.4 is 5.32 Å². The molecule has 1 aliphatic heterocycles. The zero-order chi connectivity index (χ0) is 17.3. The van der Waals surface area contributed by atoms with E-state index in [9.17, 15) is 9.59 Å². The third-order valence-electron chi connectivity index (χ3n) is 5.24. The number of aromatic nitrogens is 1. The number of carbonyl (C=O) groups is 2. The molecule has 2 aliphatic rings. The Kier molecular flexibility index (Phi) is 5.20. The van der Waals surface area contributed by atoms with Crippen molar-refractivity contribution in [1.29, 1.82) is 0 Å². The van der Waals surface area contributed by atoms with Crippen LogP contribution in [0.3, 0.4) is 0 Å². The number of piperazine rings is 1. The fraction of sp³-hybridized carbons (Fsp3) is 0.706. The van der Waals surface area contributed by atoms with Gasteiger partial charge in [0.25, 0.3) is 0 Å². The van der Waals surface area contributed by atoms with Crippen molar-refractivity contribution in [2.24, 2.45) is 0 Å². The van der Waals surface area contributed by atoms with Crippen LogP contribution in [0.1, 0.15) is 43.2 Å². The Labute approximate surface area is 147 Å². The van der Waals surface area contributed by atoms with Gasteiger partial charge >= 0.3 is 0 Å². The van der Waals surface area contributed by atoms with Crippen LogP contribution in [-0.4, -0.2) is 58.3 Å². The lowest BCUT2D eigenvalue weighted by Crippen LogP contribution is -2.57. The molecule has 1 aromatic rings. The van der Waals surface area contributed by atoms with Gasteiger partial charge in [0.15, 0.2) is 5.13 Å². The number of hydrogen-bond acceptors (Lipinski definition) is 5. The zero-order valence-electron chi connectivity index (χ0n) is 14.7. The fourth-order valence-electron chi connectivity index (χ4n) is 3.54. The lowest BCUT2D eigenvalue weighted by molar-refractivity contribution is -0.140. The molecule has 1 saturated carbocycles. The van der Waals surface area contributed by atoms with Crippen molar-refractivity contribution in [2.45, 2.75) is 58.5 Å². The topological polar surface area (TPSA) is 65.5 Å². The van der Waals surface area contributed by atoms with Gasteiger partial charge in [0.05, 0.1) is 18.3 Å². The number of nitrogens with one attached hydrogen (secondary N) is 1. The summed E-state index contributed by atoms with van der Waals surface area (Å²) in [5.74, 6) is 0.0691. The second-order valence-corrected chi connectivity index (χ2v) is 8.02. The molecule has 0 radical (unpaired) electrons. The predicted octanol–water partition coefficient (Wildman–Crippen LogP) is 2.17. The molecule has 2 fully saturated rings. The van der Waals surface area contributed by atoms with Crippen LogP contribution in [0.15, 0.2) is 0 Å². The van der Waals surface area contributed by atoms with E-state index in [-0.39, 0.29) is 17.9 Å². The van der Waals surface area contributed by atoms with E-state index in [1.165, 1.54) is 24.2 Å². The van der Waals surface area contributed by atoms with Crippen LogP contribution >= 0.6 is 11.3 Å². The average Bonchev–Trinajstić information content (AvgIpc) is 3.17. The molecule has 2 heterocycles. The van der Waals surface area contributed by atoms with Crippen LogP contribution in [0.5, 0.6) is 0 Å². The molecule has 1 N–H and O–H groups in total. The molecule has 132 valence electrons. The first-order chi connectivity index (χ1) is 11.5. The minimum atomic E-state index is -0.329. The van der Waals surface area contributed by atoms with Crippen LogP contribution in [0.25, 0.3) is 0 Å². The molecule has 24 heavy (non-hydrogen) atoms. The summed E-state index contributed by atoms with van der Waals surface area (Å²) in [6.45, 7) is 7.62. The number of hydrogen-bond donors (Lipinski definition) is 1. The molecule has 1 aromatic heterocycles. The van der Waals surface area contributed by atoms with Crippen LogP contribution in [0.2, 0.25) is 0 Å². The highest BCUT2D eigenvalue weighted by Gasteiger charge is 2.34. The Hall–Kier alpha value is -1.47. The summed E-state index contributed by atoms with van der Waals surface area (Å²) in [6.07, 6.45) is 4.71. The summed E-state index contributed by atoms with van der Waals surface area (Å²) in [6, 6.07) is 0.0919. The number of carbonyl (C=O) groups excluding carboxylic acids is 2. The number of amides is 2. The third kappa shape index (κ3) is 3.62. The molecule has 1 saturated heterocycles. The van der Waals surface area contributed by atoms with E-state index in [0.29, 0.717) is 17.7 Å². The SMILES string of the molecule is Cc1nc(NC(=O)C(C)N2CCN(C3CCCC3)C(=O)C2)sc1C. The monoisotopic (exact) mass is 350 g/mol. The molecular formula is C17H26N4O2S. The summed E-state index contributed by atoms with van der Waals surface area (Å²) in [5.41, 5.74) is 0.948. The van der Waals surface area contributed by atoms with Gasteiger partial charge in [-0.25, -0.2) is 4.98 Å². The molecule has 1 unspecified atom stereocenters. The van der Waals surface area contributed by atoms with Crippen molar-refractivity contribution < 1.29 is 9.59 Å². The van der Waals surface area contributed by atoms with E-state index in [4.69, 9.17) is 0 Å². The summed E-state index contributed by atoms with van der Waals surface area (Å²) in [5, 5.41) is 3.52. The standard InChI is InChI=1S/C17H26N4O2S/c1-11-13(3)24-17(18-11)19-16(23)12(2)20-8-9-21(15(22)10-20)14-6-4-5-7-14/h12,14H,4-10H2,1-3H3,(H,18,19,23). The van der Waals surface area contributed by atoms with E-state index in [1.54, 1.807) is 0 Å². The molecular weight excluding hydrogens is 324 g/mol. The van der Waals surface area contributed by atoms with Gasteiger partial charge in [-0.15, -0.1) is 11.3 Å². The van der Waals surface area contributed by atoms with Crippen LogP contribution in [0.4, 0.5) is 5.13 Å². The lowest BCUT2D eigenvalue weighted by Gasteiger charge is -2.39. The second-order valence-electron chi connectivity index (χ2n) is 6.82. The average molecular weight is 350 g/mol. The molecule has 0 aromatic carbocycles. The van der Waals surface area contributed by atoms with E-state index >= 15 is 0 Å². The highest BCUT2D eigenvalue weighted by atomic mass is 32.1. The van der Waals surface area contributed by atoms with Crippen molar-refractivity contribution >= 4 is 28.3 Å². The first kappa shape index (κ1) is 17.4. The van der Waals surface area contributed by atoms with Gasteiger partial charge in [-0.1, -0.05) is 12.8 Å². The molecule has 2 amide bonds. The van der Waals surface area contributed by atoms with Crippen LogP contribution in [-0.2, 0) is 9.59 Å². The van der Waals surface area contributed by atoms with Crippen LogP contribution in [0, 0.1) is 13.8 Å². The lowest BCUT2D eigenvalue weighted by atomic mass is 10.1. The molecule has 1 atom stereocenters. The first-order valence-corrected chi connectivity index (χ1v) is 9.55. The Bertz CT molecular complexity index is 605. The van der Waals surface area contributed by atoms with Gasteiger partial charge in [0.2, 0.25) is 11.8 Å². The van der Waals surface area contributed by atoms with Gasteiger partial charge in [-0.05, 0) is 33.6 Å². The summed E-state index contributed by atoms with van der Waals surface area (Å²) in [7, 11) is 0. The maximum atomic E-state index is 12.5. The minimum absolute atomic E-state index is 0.0918. The third-order valence-corrected chi connectivity index (χ3v) is 6.23. The zero-order valence-corrected chi connectivity index (χ0v) is 15.5. The Morgan fingerprint density at radius 2 is 2.00 bits per heavy atom. The largest absolute Gasteiger partial charge is 0.337 e. The number of rotatable bonds is 4. The highest BCUT2D eigenvalue weighted by Crippen LogP contribution is 2.25. The predicted molar refractivity (Wildman–Crippen MR) is 95.2 cm³/mol. The number of anilines is 1. The molecule has 3 rings (SSSR count). The fourth-order valence-corrected chi connectivity index (χ4v) is 4.36. The van der Waals surface area contributed by atoms with Crippen molar-refractivity contribution in [3.8, 4) is 0 Å². The quantitative estimate of drug-likeness (QED) is 0.904. The molecule has 0 bridgehead atoms. The molecule has 7 heteroatoms. The maximum Gasteiger partial charge on any atom is 0.243 e. The van der Waals surface area contributed by atoms with Gasteiger partial charge in [-0.2, -0.15) is 0 Å². The molecule has 6 nitrogen and oxygen atoms in total. The van der Waals surface area contributed by atoms with Gasteiger partial charge in [0, 0.05) is 24.0 Å².